The maximum absolute atomic E-state index is 14.0. The number of imidazole rings is 2. The van der Waals surface area contributed by atoms with Crippen molar-refractivity contribution in [2.24, 2.45) is 0 Å². The third-order valence-electron chi connectivity index (χ3n) is 7.63. The third-order valence-corrected chi connectivity index (χ3v) is 9.74. The summed E-state index contributed by atoms with van der Waals surface area (Å²) in [7, 11) is -4.14. The molecule has 0 spiro atoms. The highest BCUT2D eigenvalue weighted by Crippen LogP contribution is 2.51. The average molecular weight is 657 g/mol. The molecular formula is C27H29N8O8PS. The molecule has 0 bridgehead atoms. The van der Waals surface area contributed by atoms with E-state index in [0.29, 0.717) is 42.7 Å². The Morgan fingerprint density at radius 3 is 1.82 bits per heavy atom. The molecule has 0 unspecified atom stereocenters. The van der Waals surface area contributed by atoms with E-state index >= 15 is 0 Å². The number of benzene rings is 1. The van der Waals surface area contributed by atoms with Crippen LogP contribution in [-0.4, -0.2) is 70.7 Å². The molecule has 7 rings (SSSR count). The van der Waals surface area contributed by atoms with Crippen LogP contribution >= 0.6 is 19.6 Å². The predicted octanol–water partition coefficient (Wildman–Crippen LogP) is 3.55. The second kappa shape index (κ2) is 12.5. The van der Waals surface area contributed by atoms with Gasteiger partial charge in [0.25, 0.3) is 11.1 Å². The van der Waals surface area contributed by atoms with Crippen LogP contribution in [0.5, 0.6) is 5.75 Å². The van der Waals surface area contributed by atoms with Gasteiger partial charge in [-0.1, -0.05) is 0 Å². The first kappa shape index (κ1) is 29.8. The standard InChI is InChI=1S/C27H29N8O8PS/c1-45-19-6-2-16(3-7-19)43-44(38,39-10-17-4-8-20(41-17)34-14-32-22-24(34)28-12-30-26(22)36)40-11-18-5-9-21(42-18)35-15-33-23-25(35)29-13-31-27(23)37/h2-3,6-7,12-15,17-18,20-21H,4-5,8-11H2,1H3,(H,28,30,36)(H,29,31,37)/t17-,18-,20+,21+/m0/s1. The van der Waals surface area contributed by atoms with Crippen LogP contribution in [0.25, 0.3) is 22.3 Å². The van der Waals surface area contributed by atoms with Crippen molar-refractivity contribution in [3.8, 4) is 5.75 Å². The average Bonchev–Trinajstić information content (AvgIpc) is 3.86. The van der Waals surface area contributed by atoms with Crippen molar-refractivity contribution in [3.63, 3.8) is 0 Å². The molecule has 2 N–H and O–H groups in total. The van der Waals surface area contributed by atoms with E-state index in [0.717, 1.165) is 4.90 Å². The number of H-pyrrole nitrogens is 2. The van der Waals surface area contributed by atoms with Crippen molar-refractivity contribution in [1.29, 1.82) is 0 Å². The summed E-state index contributed by atoms with van der Waals surface area (Å²) >= 11 is 1.57. The van der Waals surface area contributed by atoms with Gasteiger partial charge < -0.3 is 24.0 Å². The largest absolute Gasteiger partial charge is 0.530 e. The van der Waals surface area contributed by atoms with E-state index in [9.17, 15) is 14.2 Å². The summed E-state index contributed by atoms with van der Waals surface area (Å²) in [4.78, 5) is 46.9. The number of rotatable bonds is 11. The Balaban J connectivity index is 1.02. The molecule has 45 heavy (non-hydrogen) atoms. The molecule has 16 nitrogen and oxygen atoms in total. The van der Waals surface area contributed by atoms with Crippen LogP contribution < -0.4 is 15.6 Å². The second-order valence-electron chi connectivity index (χ2n) is 10.5. The number of fused-ring (bicyclic) bond motifs is 2. The van der Waals surface area contributed by atoms with Gasteiger partial charge in [0.1, 0.15) is 18.2 Å². The van der Waals surface area contributed by atoms with E-state index in [1.807, 2.05) is 18.4 Å². The smallest absolute Gasteiger partial charge is 0.404 e. The zero-order chi connectivity index (χ0) is 31.0. The van der Waals surface area contributed by atoms with Gasteiger partial charge in [0.2, 0.25) is 0 Å². The minimum absolute atomic E-state index is 0.0628. The van der Waals surface area contributed by atoms with Gasteiger partial charge in [0.05, 0.1) is 50.7 Å². The lowest BCUT2D eigenvalue weighted by atomic mass is 10.2. The van der Waals surface area contributed by atoms with Crippen LogP contribution in [0.1, 0.15) is 38.1 Å². The van der Waals surface area contributed by atoms with Gasteiger partial charge >= 0.3 is 7.82 Å². The maximum atomic E-state index is 14.0. The highest BCUT2D eigenvalue weighted by Gasteiger charge is 2.37. The summed E-state index contributed by atoms with van der Waals surface area (Å²) in [5, 5.41) is 0. The van der Waals surface area contributed by atoms with Crippen molar-refractivity contribution >= 4 is 41.9 Å². The number of aromatic nitrogens is 8. The van der Waals surface area contributed by atoms with Gasteiger partial charge in [-0.3, -0.25) is 27.8 Å². The van der Waals surface area contributed by atoms with Crippen LogP contribution in [-0.2, 0) is 23.1 Å². The van der Waals surface area contributed by atoms with E-state index in [2.05, 4.69) is 29.9 Å². The molecule has 236 valence electrons. The second-order valence-corrected chi connectivity index (χ2v) is 13.0. The van der Waals surface area contributed by atoms with Crippen LogP contribution in [0.2, 0.25) is 0 Å². The molecule has 0 aliphatic carbocycles. The van der Waals surface area contributed by atoms with Crippen molar-refractivity contribution in [3.05, 3.63) is 70.3 Å². The minimum Gasteiger partial charge on any atom is -0.404 e. The van der Waals surface area contributed by atoms with E-state index in [1.54, 1.807) is 33.0 Å². The number of nitrogens with zero attached hydrogens (tertiary/aromatic N) is 6. The lowest BCUT2D eigenvalue weighted by Gasteiger charge is -2.22. The third kappa shape index (κ3) is 6.19. The molecule has 6 heterocycles. The fourth-order valence-corrected chi connectivity index (χ4v) is 7.05. The Labute approximate surface area is 259 Å². The summed E-state index contributed by atoms with van der Waals surface area (Å²) in [6, 6.07) is 7.10. The van der Waals surface area contributed by atoms with E-state index in [-0.39, 0.29) is 35.4 Å². The Kier molecular flexibility index (Phi) is 8.29. The maximum Gasteiger partial charge on any atom is 0.530 e. The number of phosphoric ester groups is 1. The lowest BCUT2D eigenvalue weighted by Crippen LogP contribution is -2.20. The number of nitrogens with one attached hydrogen (secondary N) is 2. The van der Waals surface area contributed by atoms with Crippen LogP contribution in [0, 0.1) is 0 Å². The van der Waals surface area contributed by atoms with Gasteiger partial charge in [-0.15, -0.1) is 11.8 Å². The zero-order valence-corrected chi connectivity index (χ0v) is 25.7. The van der Waals surface area contributed by atoms with Crippen LogP contribution in [0.3, 0.4) is 0 Å². The highest BCUT2D eigenvalue weighted by molar-refractivity contribution is 7.98. The van der Waals surface area contributed by atoms with E-state index in [4.69, 9.17) is 23.0 Å². The molecule has 18 heteroatoms. The number of ether oxygens (including phenoxy) is 2. The molecule has 2 aliphatic rings. The topological polar surface area (TPSA) is 190 Å². The summed E-state index contributed by atoms with van der Waals surface area (Å²) in [6.45, 7) is -0.126. The predicted molar refractivity (Wildman–Crippen MR) is 161 cm³/mol. The van der Waals surface area contributed by atoms with E-state index < -0.39 is 32.5 Å². The lowest BCUT2D eigenvalue weighted by molar-refractivity contribution is -0.0334. The normalized spacial score (nSPS) is 22.1. The zero-order valence-electron chi connectivity index (χ0n) is 24.0. The number of phosphoric acid groups is 1. The quantitative estimate of drug-likeness (QED) is 0.155. The van der Waals surface area contributed by atoms with Gasteiger partial charge in [-0.05, 0) is 56.2 Å². The highest BCUT2D eigenvalue weighted by atomic mass is 32.2. The van der Waals surface area contributed by atoms with Gasteiger partial charge in [-0.25, -0.2) is 24.5 Å². The molecule has 2 saturated heterocycles. The number of thioether (sulfide) groups is 1. The van der Waals surface area contributed by atoms with Crippen molar-refractivity contribution in [1.82, 2.24) is 39.0 Å². The number of hydrogen-bond acceptors (Lipinski definition) is 13. The molecule has 5 aromatic rings. The summed E-state index contributed by atoms with van der Waals surface area (Å²) in [6.07, 6.45) is 8.35. The first-order valence-electron chi connectivity index (χ1n) is 14.2. The first-order chi connectivity index (χ1) is 21.9. The number of aromatic amines is 2. The fourth-order valence-electron chi connectivity index (χ4n) is 5.38. The van der Waals surface area contributed by atoms with Gasteiger partial charge in [0, 0.05) is 4.90 Å². The minimum atomic E-state index is -4.14. The van der Waals surface area contributed by atoms with Crippen molar-refractivity contribution in [2.45, 2.75) is 55.2 Å². The molecule has 0 radical (unpaired) electrons. The molecule has 4 aromatic heterocycles. The van der Waals surface area contributed by atoms with Crippen LogP contribution in [0.4, 0.5) is 0 Å². The Morgan fingerprint density at radius 1 is 0.822 bits per heavy atom. The Morgan fingerprint density at radius 2 is 1.33 bits per heavy atom. The molecule has 2 fully saturated rings. The molecule has 1 aromatic carbocycles. The molecule has 4 atom stereocenters. The first-order valence-corrected chi connectivity index (χ1v) is 16.9. The van der Waals surface area contributed by atoms with E-state index in [1.165, 1.54) is 25.3 Å². The molecule has 2 aliphatic heterocycles. The molecule has 0 saturated carbocycles. The fraction of sp³-hybridized carbons (Fsp3) is 0.407. The summed E-state index contributed by atoms with van der Waals surface area (Å²) < 4.78 is 47.2. The number of hydrogen-bond donors (Lipinski definition) is 2. The van der Waals surface area contributed by atoms with Crippen LogP contribution in [0.15, 0.2) is 64.1 Å². The van der Waals surface area contributed by atoms with Crippen molar-refractivity contribution in [2.75, 3.05) is 19.5 Å². The van der Waals surface area contributed by atoms with Crippen molar-refractivity contribution < 1.29 is 27.6 Å². The Hall–Kier alpha value is -3.86. The Bertz CT molecular complexity index is 1860. The van der Waals surface area contributed by atoms with Gasteiger partial charge in [0.15, 0.2) is 22.3 Å². The SMILES string of the molecule is CSc1ccc(OP(=O)(OC[C@@H]2CC[C@H](n3cnc4c(=O)[nH]cnc43)O2)OC[C@@H]2CC[C@H](n3cnc4c(=O)[nH]cnc43)O2)cc1. The monoisotopic (exact) mass is 656 g/mol. The molecular weight excluding hydrogens is 627 g/mol. The summed E-state index contributed by atoms with van der Waals surface area (Å²) in [5.41, 5.74) is 0.611. The molecule has 0 amide bonds. The van der Waals surface area contributed by atoms with Gasteiger partial charge in [-0.2, -0.15) is 0 Å². The summed E-state index contributed by atoms with van der Waals surface area (Å²) in [5.74, 6) is 0.328.